The molecule has 1 fully saturated rings. The van der Waals surface area contributed by atoms with Crippen molar-refractivity contribution in [2.75, 3.05) is 0 Å². The summed E-state index contributed by atoms with van der Waals surface area (Å²) in [6.45, 7) is 1.78. The number of halogens is 3. The fraction of sp³-hybridized carbons (Fsp3) is 0.381. The van der Waals surface area contributed by atoms with Crippen molar-refractivity contribution in [3.63, 3.8) is 0 Å². The second-order valence-electron chi connectivity index (χ2n) is 7.45. The van der Waals surface area contributed by atoms with E-state index in [1.165, 1.54) is 30.8 Å². The Kier molecular flexibility index (Phi) is 5.25. The van der Waals surface area contributed by atoms with Gasteiger partial charge in [-0.2, -0.15) is 5.10 Å². The van der Waals surface area contributed by atoms with Gasteiger partial charge in [0.15, 0.2) is 0 Å². The molecule has 0 aliphatic heterocycles. The number of carbonyl (C=O) groups is 1. The van der Waals surface area contributed by atoms with Gasteiger partial charge in [-0.3, -0.25) is 9.78 Å². The Labute approximate surface area is 165 Å². The summed E-state index contributed by atoms with van der Waals surface area (Å²) in [5.41, 5.74) is 2.98. The van der Waals surface area contributed by atoms with Crippen LogP contribution in [0.5, 0.6) is 0 Å². The molecule has 5 nitrogen and oxygen atoms in total. The van der Waals surface area contributed by atoms with Gasteiger partial charge >= 0.3 is 0 Å². The molecule has 2 unspecified atom stereocenters. The van der Waals surface area contributed by atoms with Crippen LogP contribution in [0.1, 0.15) is 54.8 Å². The number of aromatic nitrogens is 3. The first-order valence-corrected chi connectivity index (χ1v) is 9.56. The molecular weight excluding hydrogens is 381 g/mol. The molecule has 0 radical (unpaired) electrons. The second kappa shape index (κ2) is 7.85. The van der Waals surface area contributed by atoms with Crippen LogP contribution >= 0.6 is 0 Å². The van der Waals surface area contributed by atoms with Crippen molar-refractivity contribution in [3.8, 4) is 0 Å². The van der Waals surface area contributed by atoms with E-state index in [2.05, 4.69) is 27.5 Å². The van der Waals surface area contributed by atoms with Gasteiger partial charge < -0.3 is 5.32 Å². The van der Waals surface area contributed by atoms with Gasteiger partial charge in [0.2, 0.25) is 5.91 Å². The zero-order chi connectivity index (χ0) is 20.5. The molecule has 4 rings (SSSR count). The van der Waals surface area contributed by atoms with E-state index in [4.69, 9.17) is 0 Å². The normalized spacial score (nSPS) is 16.2. The van der Waals surface area contributed by atoms with Gasteiger partial charge in [0.1, 0.15) is 0 Å². The topological polar surface area (TPSA) is 59.8 Å². The van der Waals surface area contributed by atoms with Crippen molar-refractivity contribution in [1.82, 2.24) is 20.1 Å². The summed E-state index contributed by atoms with van der Waals surface area (Å²) in [7, 11) is 0. The highest BCUT2D eigenvalue weighted by Gasteiger charge is 2.25. The number of hydrogen-bond acceptors (Lipinski definition) is 3. The van der Waals surface area contributed by atoms with Crippen LogP contribution in [0.25, 0.3) is 10.9 Å². The molecule has 8 heteroatoms. The summed E-state index contributed by atoms with van der Waals surface area (Å²) in [6.07, 6.45) is -0.355. The summed E-state index contributed by atoms with van der Waals surface area (Å²) >= 11 is 0. The highest BCUT2D eigenvalue weighted by atomic mass is 19.3. The molecule has 2 aromatic heterocycles. The van der Waals surface area contributed by atoms with Crippen LogP contribution in [0.3, 0.4) is 0 Å². The number of pyridine rings is 1. The van der Waals surface area contributed by atoms with Gasteiger partial charge in [-0.25, -0.2) is 17.9 Å². The Morgan fingerprint density at radius 1 is 1.21 bits per heavy atom. The predicted molar refractivity (Wildman–Crippen MR) is 102 cm³/mol. The third kappa shape index (κ3) is 4.26. The number of carbonyl (C=O) groups excluding carboxylic acids is 1. The van der Waals surface area contributed by atoms with E-state index in [-0.39, 0.29) is 17.8 Å². The summed E-state index contributed by atoms with van der Waals surface area (Å²) in [5.74, 6) is 0.535. The monoisotopic (exact) mass is 402 g/mol. The van der Waals surface area contributed by atoms with E-state index in [0.717, 1.165) is 5.56 Å². The number of rotatable bonds is 7. The first kappa shape index (κ1) is 19.4. The minimum absolute atomic E-state index is 0.143. The van der Waals surface area contributed by atoms with Gasteiger partial charge in [-0.05, 0) is 42.9 Å². The van der Waals surface area contributed by atoms with Crippen molar-refractivity contribution in [2.45, 2.75) is 50.9 Å². The van der Waals surface area contributed by atoms with E-state index in [1.54, 1.807) is 13.0 Å². The fourth-order valence-electron chi connectivity index (χ4n) is 3.38. The molecule has 1 N–H and O–H groups in total. The van der Waals surface area contributed by atoms with Crippen LogP contribution in [0.15, 0.2) is 42.7 Å². The minimum Gasteiger partial charge on any atom is -0.348 e. The Morgan fingerprint density at radius 2 is 1.93 bits per heavy atom. The van der Waals surface area contributed by atoms with Crippen molar-refractivity contribution in [1.29, 1.82) is 0 Å². The molecule has 1 amide bonds. The zero-order valence-corrected chi connectivity index (χ0v) is 15.9. The second-order valence-corrected chi connectivity index (χ2v) is 7.45. The zero-order valence-electron chi connectivity index (χ0n) is 15.9. The lowest BCUT2D eigenvalue weighted by atomic mass is 10.1. The Balaban J connectivity index is 1.41. The quantitative estimate of drug-likeness (QED) is 0.635. The highest BCUT2D eigenvalue weighted by molar-refractivity contribution is 5.80. The molecule has 1 aliphatic carbocycles. The third-order valence-corrected chi connectivity index (χ3v) is 5.16. The SMILES string of the molecule is CC(NC(=O)Cc1ccc(C2CC2)cc1)c1cc2cnn(C(F)C(F)F)c2cn1. The first-order chi connectivity index (χ1) is 13.9. The number of hydrogen-bond donors (Lipinski definition) is 1. The number of nitrogens with one attached hydrogen (secondary N) is 1. The molecule has 1 saturated carbocycles. The van der Waals surface area contributed by atoms with Crippen LogP contribution in [0, 0.1) is 0 Å². The molecule has 152 valence electrons. The van der Waals surface area contributed by atoms with Crippen LogP contribution in [-0.4, -0.2) is 27.1 Å². The summed E-state index contributed by atoms with van der Waals surface area (Å²) in [4.78, 5) is 16.6. The molecule has 1 aromatic carbocycles. The summed E-state index contributed by atoms with van der Waals surface area (Å²) in [5, 5.41) is 7.06. The Morgan fingerprint density at radius 3 is 2.59 bits per heavy atom. The van der Waals surface area contributed by atoms with Gasteiger partial charge in [-0.1, -0.05) is 24.3 Å². The average Bonchev–Trinajstić information content (AvgIpc) is 3.46. The molecule has 0 bridgehead atoms. The molecule has 3 aromatic rings. The lowest BCUT2D eigenvalue weighted by Crippen LogP contribution is -2.28. The number of benzene rings is 1. The highest BCUT2D eigenvalue weighted by Crippen LogP contribution is 2.39. The van der Waals surface area contributed by atoms with Gasteiger partial charge in [0, 0.05) is 5.39 Å². The molecule has 2 atom stereocenters. The van der Waals surface area contributed by atoms with E-state index in [1.807, 2.05) is 12.1 Å². The maximum atomic E-state index is 13.6. The van der Waals surface area contributed by atoms with Crippen molar-refractivity contribution in [2.24, 2.45) is 0 Å². The molecular formula is C21H21F3N4O. The summed E-state index contributed by atoms with van der Waals surface area (Å²) < 4.78 is 39.4. The smallest absolute Gasteiger partial charge is 0.289 e. The molecule has 2 heterocycles. The Bertz CT molecular complexity index is 1010. The van der Waals surface area contributed by atoms with Crippen molar-refractivity contribution >= 4 is 16.8 Å². The van der Waals surface area contributed by atoms with Crippen LogP contribution in [0.2, 0.25) is 0 Å². The third-order valence-electron chi connectivity index (χ3n) is 5.16. The fourth-order valence-corrected chi connectivity index (χ4v) is 3.38. The first-order valence-electron chi connectivity index (χ1n) is 9.56. The van der Waals surface area contributed by atoms with Gasteiger partial charge in [-0.15, -0.1) is 0 Å². The van der Waals surface area contributed by atoms with Crippen molar-refractivity contribution in [3.05, 3.63) is 59.5 Å². The molecule has 29 heavy (non-hydrogen) atoms. The number of nitrogens with zero attached hydrogens (tertiary/aromatic N) is 3. The molecule has 0 spiro atoms. The van der Waals surface area contributed by atoms with Gasteiger partial charge in [0.05, 0.1) is 36.1 Å². The number of amides is 1. The van der Waals surface area contributed by atoms with E-state index in [9.17, 15) is 18.0 Å². The number of alkyl halides is 3. The lowest BCUT2D eigenvalue weighted by Gasteiger charge is -2.14. The van der Waals surface area contributed by atoms with Gasteiger partial charge in [0.25, 0.3) is 12.7 Å². The van der Waals surface area contributed by atoms with Crippen LogP contribution in [0.4, 0.5) is 13.2 Å². The van der Waals surface area contributed by atoms with Crippen molar-refractivity contribution < 1.29 is 18.0 Å². The summed E-state index contributed by atoms with van der Waals surface area (Å²) in [6, 6.07) is 9.34. The van der Waals surface area contributed by atoms with Crippen LogP contribution in [-0.2, 0) is 11.2 Å². The largest absolute Gasteiger partial charge is 0.348 e. The maximum absolute atomic E-state index is 13.6. The van der Waals surface area contributed by atoms with E-state index in [0.29, 0.717) is 21.7 Å². The average molecular weight is 402 g/mol. The number of fused-ring (bicyclic) bond motifs is 1. The maximum Gasteiger partial charge on any atom is 0.289 e. The predicted octanol–water partition coefficient (Wildman–Crippen LogP) is 4.46. The van der Waals surface area contributed by atoms with Crippen LogP contribution < -0.4 is 5.32 Å². The molecule has 0 saturated heterocycles. The van der Waals surface area contributed by atoms with E-state index < -0.39 is 18.8 Å². The van der Waals surface area contributed by atoms with E-state index >= 15 is 0 Å². The molecule has 1 aliphatic rings. The minimum atomic E-state index is -3.17. The standard InChI is InChI=1S/C21H21F3N4O/c1-12(27-19(29)8-13-2-4-14(5-3-13)15-6-7-15)17-9-16-10-26-28(18(16)11-25-17)21(24)20(22)23/h2-5,9-12,15,20-21H,6-8H2,1H3,(H,27,29). The lowest BCUT2D eigenvalue weighted by molar-refractivity contribution is -0.121. The Hall–Kier alpha value is -2.90.